The van der Waals surface area contributed by atoms with Gasteiger partial charge in [-0.25, -0.2) is 4.98 Å². The van der Waals surface area contributed by atoms with Gasteiger partial charge in [0, 0.05) is 54.8 Å². The number of carbonyl (C=O) groups is 1. The highest BCUT2D eigenvalue weighted by atomic mass is 79.9. The maximum absolute atomic E-state index is 12.0. The van der Waals surface area contributed by atoms with Crippen molar-refractivity contribution in [2.45, 2.75) is 38.8 Å². The predicted octanol–water partition coefficient (Wildman–Crippen LogP) is 3.06. The molecule has 1 aliphatic rings. The molecule has 4 aromatic rings. The molecule has 0 atom stereocenters. The number of nitrogens with zero attached hydrogens (tertiary/aromatic N) is 5. The number of nitrogens with one attached hydrogen (secondary N) is 1. The number of fused-ring (bicyclic) bond motifs is 2. The van der Waals surface area contributed by atoms with Crippen LogP contribution in [-0.4, -0.2) is 61.2 Å². The largest absolute Gasteiger partial charge is 0.396 e. The molecule has 1 aromatic carbocycles. The van der Waals surface area contributed by atoms with Gasteiger partial charge in [0.15, 0.2) is 5.65 Å². The average Bonchev–Trinajstić information content (AvgIpc) is 3.29. The second kappa shape index (κ2) is 9.88. The first kappa shape index (κ1) is 23.7. The number of amides is 1. The minimum atomic E-state index is -0.105. The second-order valence-corrected chi connectivity index (χ2v) is 9.77. The van der Waals surface area contributed by atoms with Crippen LogP contribution in [0.15, 0.2) is 41.1 Å². The lowest BCUT2D eigenvalue weighted by Gasteiger charge is -2.32. The number of piperidine rings is 1. The summed E-state index contributed by atoms with van der Waals surface area (Å²) < 4.78 is 2.36. The molecular weight excluding hydrogens is 510 g/mol. The summed E-state index contributed by atoms with van der Waals surface area (Å²) in [7, 11) is 0. The lowest BCUT2D eigenvalue weighted by Crippen LogP contribution is -2.45. The van der Waals surface area contributed by atoms with Crippen LogP contribution in [0.1, 0.15) is 30.5 Å². The summed E-state index contributed by atoms with van der Waals surface area (Å²) >= 11 is 3.60. The molecule has 9 nitrogen and oxygen atoms in total. The number of nitrogen functional groups attached to an aromatic ring is 1. The first-order valence-corrected chi connectivity index (χ1v) is 12.5. The van der Waals surface area contributed by atoms with Gasteiger partial charge < -0.3 is 21.1 Å². The normalized spacial score (nSPS) is 14.8. The van der Waals surface area contributed by atoms with Crippen molar-refractivity contribution in [2.75, 3.05) is 25.4 Å². The van der Waals surface area contributed by atoms with Crippen molar-refractivity contribution in [3.63, 3.8) is 0 Å². The van der Waals surface area contributed by atoms with E-state index in [1.807, 2.05) is 17.2 Å². The van der Waals surface area contributed by atoms with Gasteiger partial charge in [0.2, 0.25) is 5.91 Å². The van der Waals surface area contributed by atoms with Crippen LogP contribution in [0.5, 0.6) is 0 Å². The van der Waals surface area contributed by atoms with Gasteiger partial charge in [0.1, 0.15) is 5.82 Å². The van der Waals surface area contributed by atoms with Gasteiger partial charge in [-0.1, -0.05) is 11.6 Å². The molecule has 5 rings (SSSR count). The number of rotatable bonds is 6. The Labute approximate surface area is 211 Å². The maximum atomic E-state index is 12.0. The third-order valence-corrected chi connectivity index (χ3v) is 7.43. The van der Waals surface area contributed by atoms with E-state index in [1.54, 1.807) is 10.7 Å². The van der Waals surface area contributed by atoms with Gasteiger partial charge in [-0.05, 0) is 53.9 Å². The fourth-order valence-electron chi connectivity index (χ4n) is 4.59. The summed E-state index contributed by atoms with van der Waals surface area (Å²) in [4.78, 5) is 23.4. The quantitative estimate of drug-likeness (QED) is 0.345. The van der Waals surface area contributed by atoms with Gasteiger partial charge in [0.25, 0.3) is 0 Å². The first-order valence-electron chi connectivity index (χ1n) is 11.7. The zero-order valence-electron chi connectivity index (χ0n) is 19.5. The Hall–Kier alpha value is -3.08. The summed E-state index contributed by atoms with van der Waals surface area (Å²) in [5, 5.41) is 18.1. The number of halogens is 1. The minimum absolute atomic E-state index is 0.0141. The molecule has 182 valence electrons. The van der Waals surface area contributed by atoms with Crippen molar-refractivity contribution in [1.82, 2.24) is 29.8 Å². The molecule has 3 aromatic heterocycles. The topological polar surface area (TPSA) is 122 Å². The molecule has 0 bridgehead atoms. The molecule has 0 spiro atoms. The number of aryl methyl sites for hydroxylation is 1. The number of hydrogen-bond donors (Lipinski definition) is 3. The van der Waals surface area contributed by atoms with E-state index in [0.29, 0.717) is 31.1 Å². The van der Waals surface area contributed by atoms with E-state index in [4.69, 9.17) is 15.8 Å². The third kappa shape index (κ3) is 4.73. The van der Waals surface area contributed by atoms with Crippen LogP contribution in [-0.2, 0) is 11.3 Å². The number of anilines is 1. The van der Waals surface area contributed by atoms with Gasteiger partial charge >= 0.3 is 0 Å². The molecule has 4 heterocycles. The summed E-state index contributed by atoms with van der Waals surface area (Å²) in [5.74, 6) is 0.507. The molecule has 1 fully saturated rings. The Balaban J connectivity index is 1.37. The minimum Gasteiger partial charge on any atom is -0.396 e. The molecule has 1 saturated heterocycles. The summed E-state index contributed by atoms with van der Waals surface area (Å²) in [6.45, 7) is 3.88. The lowest BCUT2D eigenvalue weighted by molar-refractivity contribution is -0.133. The van der Waals surface area contributed by atoms with E-state index >= 15 is 0 Å². The molecule has 0 unspecified atom stereocenters. The maximum Gasteiger partial charge on any atom is 0.224 e. The number of hydrogen-bond acceptors (Lipinski definition) is 7. The Morgan fingerprint density at radius 2 is 2.06 bits per heavy atom. The monoisotopic (exact) mass is 537 g/mol. The molecule has 0 saturated carbocycles. The van der Waals surface area contributed by atoms with E-state index in [2.05, 4.69) is 56.5 Å². The molecule has 1 aliphatic heterocycles. The predicted molar refractivity (Wildman–Crippen MR) is 139 cm³/mol. The number of aliphatic hydroxyl groups is 1. The van der Waals surface area contributed by atoms with Gasteiger partial charge in [-0.2, -0.15) is 9.61 Å². The number of aliphatic hydroxyl groups excluding tert-OH is 1. The summed E-state index contributed by atoms with van der Waals surface area (Å²) in [6, 6.07) is 8.58. The van der Waals surface area contributed by atoms with Crippen molar-refractivity contribution < 1.29 is 9.90 Å². The van der Waals surface area contributed by atoms with E-state index < -0.39 is 0 Å². The van der Waals surface area contributed by atoms with Crippen molar-refractivity contribution in [1.29, 1.82) is 0 Å². The highest BCUT2D eigenvalue weighted by Crippen LogP contribution is 2.31. The van der Waals surface area contributed by atoms with Crippen LogP contribution >= 0.6 is 15.9 Å². The van der Waals surface area contributed by atoms with Crippen molar-refractivity contribution in [3.8, 4) is 11.1 Å². The molecule has 1 amide bonds. The SMILES string of the molecule is Cc1ccc2ncc(-c3cnn4c(N)c(Br)c(CNC5CCN(C(=O)CCO)CC5)nc34)cc2c1. The highest BCUT2D eigenvalue weighted by molar-refractivity contribution is 9.10. The highest BCUT2D eigenvalue weighted by Gasteiger charge is 2.23. The summed E-state index contributed by atoms with van der Waals surface area (Å²) in [5.41, 5.74) is 11.8. The third-order valence-electron chi connectivity index (χ3n) is 6.57. The standard InChI is InChI=1S/C25H28BrN7O2/c1-15-2-3-20-16(10-15)11-17(12-29-20)19-13-30-33-24(27)23(26)21(31-25(19)33)14-28-18-4-7-32(8-5-18)22(35)6-9-34/h2-3,10-13,18,28,34H,4-9,14,27H2,1H3. The molecule has 0 aliphatic carbocycles. The van der Waals surface area contributed by atoms with E-state index in [9.17, 15) is 4.79 Å². The van der Waals surface area contributed by atoms with Crippen LogP contribution in [0.3, 0.4) is 0 Å². The molecule has 4 N–H and O–H groups in total. The van der Waals surface area contributed by atoms with E-state index in [1.165, 1.54) is 5.56 Å². The average molecular weight is 538 g/mol. The summed E-state index contributed by atoms with van der Waals surface area (Å²) in [6.07, 6.45) is 5.52. The Morgan fingerprint density at radius 3 is 2.83 bits per heavy atom. The zero-order valence-corrected chi connectivity index (χ0v) is 21.1. The number of benzene rings is 1. The van der Waals surface area contributed by atoms with Crippen LogP contribution in [0.25, 0.3) is 27.7 Å². The number of nitrogens with two attached hydrogens (primary N) is 1. The van der Waals surface area contributed by atoms with Crippen molar-refractivity contribution in [2.24, 2.45) is 0 Å². The number of aromatic nitrogens is 4. The van der Waals surface area contributed by atoms with Crippen LogP contribution < -0.4 is 11.1 Å². The van der Waals surface area contributed by atoms with Gasteiger partial charge in [0.05, 0.1) is 28.5 Å². The second-order valence-electron chi connectivity index (χ2n) is 8.98. The van der Waals surface area contributed by atoms with Crippen LogP contribution in [0.2, 0.25) is 0 Å². The fraction of sp³-hybridized carbons (Fsp3) is 0.360. The van der Waals surface area contributed by atoms with Crippen molar-refractivity contribution in [3.05, 3.63) is 52.4 Å². The molecule has 0 radical (unpaired) electrons. The Bertz CT molecular complexity index is 1400. The van der Waals surface area contributed by atoms with E-state index in [0.717, 1.165) is 45.0 Å². The molecule has 35 heavy (non-hydrogen) atoms. The zero-order chi connectivity index (χ0) is 24.5. The van der Waals surface area contributed by atoms with Crippen molar-refractivity contribution >= 4 is 44.2 Å². The molecule has 10 heteroatoms. The Morgan fingerprint density at radius 1 is 1.26 bits per heavy atom. The smallest absolute Gasteiger partial charge is 0.224 e. The lowest BCUT2D eigenvalue weighted by atomic mass is 10.0. The first-order chi connectivity index (χ1) is 16.9. The number of carbonyl (C=O) groups excluding carboxylic acids is 1. The Kier molecular flexibility index (Phi) is 6.68. The fourth-order valence-corrected chi connectivity index (χ4v) is 4.99. The van der Waals surface area contributed by atoms with Gasteiger partial charge in [-0.15, -0.1) is 0 Å². The number of likely N-dealkylation sites (tertiary alicyclic amines) is 1. The van der Waals surface area contributed by atoms with Crippen LogP contribution in [0, 0.1) is 6.92 Å². The van der Waals surface area contributed by atoms with Gasteiger partial charge in [-0.3, -0.25) is 9.78 Å². The van der Waals surface area contributed by atoms with E-state index in [-0.39, 0.29) is 25.0 Å². The molecular formula is C25H28BrN7O2. The number of pyridine rings is 1. The van der Waals surface area contributed by atoms with Crippen LogP contribution in [0.4, 0.5) is 5.82 Å².